The summed E-state index contributed by atoms with van der Waals surface area (Å²) in [6, 6.07) is 4.94. The highest BCUT2D eigenvalue weighted by atomic mass is 16.3. The molecule has 24 heavy (non-hydrogen) atoms. The average molecular weight is 333 g/mol. The smallest absolute Gasteiger partial charge is 0.331 e. The number of aliphatic hydroxyl groups is 1. The van der Waals surface area contributed by atoms with Crippen molar-refractivity contribution in [2.45, 2.75) is 40.3 Å². The van der Waals surface area contributed by atoms with Gasteiger partial charge in [0.25, 0.3) is 5.56 Å². The summed E-state index contributed by atoms with van der Waals surface area (Å²) in [5, 5.41) is 12.1. The number of nitrogens with zero attached hydrogens (tertiary/aromatic N) is 2. The lowest BCUT2D eigenvalue weighted by atomic mass is 10.1. The van der Waals surface area contributed by atoms with Crippen molar-refractivity contribution in [2.24, 2.45) is 5.92 Å². The molecular formula is C17H23N3O4. The molecule has 2 N–H and O–H groups in total. The molecule has 0 radical (unpaired) electrons. The van der Waals surface area contributed by atoms with Gasteiger partial charge in [0.15, 0.2) is 0 Å². The van der Waals surface area contributed by atoms with E-state index in [0.29, 0.717) is 23.1 Å². The largest absolute Gasteiger partial charge is 0.396 e. The van der Waals surface area contributed by atoms with E-state index in [-0.39, 0.29) is 42.6 Å². The van der Waals surface area contributed by atoms with Crippen molar-refractivity contribution in [3.8, 4) is 0 Å². The van der Waals surface area contributed by atoms with Gasteiger partial charge in [-0.05, 0) is 38.0 Å². The second-order valence-electron chi connectivity index (χ2n) is 5.85. The van der Waals surface area contributed by atoms with Gasteiger partial charge in [0.2, 0.25) is 5.91 Å². The van der Waals surface area contributed by atoms with Gasteiger partial charge in [-0.3, -0.25) is 18.7 Å². The Morgan fingerprint density at radius 2 is 1.88 bits per heavy atom. The lowest BCUT2D eigenvalue weighted by Crippen LogP contribution is -2.39. The molecule has 0 fully saturated rings. The van der Waals surface area contributed by atoms with Crippen LogP contribution < -0.4 is 16.6 Å². The van der Waals surface area contributed by atoms with E-state index in [1.807, 2.05) is 6.92 Å². The van der Waals surface area contributed by atoms with Crippen LogP contribution >= 0.6 is 0 Å². The number of hydrogen-bond donors (Lipinski definition) is 2. The molecule has 1 heterocycles. The third-order valence-electron chi connectivity index (χ3n) is 3.99. The highest BCUT2D eigenvalue weighted by Crippen LogP contribution is 2.16. The first-order valence-electron chi connectivity index (χ1n) is 8.11. The van der Waals surface area contributed by atoms with Gasteiger partial charge in [0.1, 0.15) is 0 Å². The Morgan fingerprint density at radius 3 is 2.46 bits per heavy atom. The quantitative estimate of drug-likeness (QED) is 0.829. The zero-order chi connectivity index (χ0) is 17.9. The summed E-state index contributed by atoms with van der Waals surface area (Å²) in [6.07, 6.45) is 0.197. The standard InChI is InChI=1S/C17H23N3O4/c1-4-19-14-7-6-12(18-15(22)8-11(3)10-21)9-13(14)16(23)20(5-2)17(19)24/h6-7,9,11,21H,4-5,8,10H2,1-3H3,(H,18,22). The van der Waals surface area contributed by atoms with Crippen LogP contribution in [0.3, 0.4) is 0 Å². The molecule has 130 valence electrons. The molecule has 7 heteroatoms. The highest BCUT2D eigenvalue weighted by molar-refractivity contribution is 5.93. The van der Waals surface area contributed by atoms with Crippen molar-refractivity contribution < 1.29 is 9.90 Å². The van der Waals surface area contributed by atoms with Gasteiger partial charge in [-0.25, -0.2) is 4.79 Å². The van der Waals surface area contributed by atoms with Crippen molar-refractivity contribution >= 4 is 22.5 Å². The molecule has 0 saturated heterocycles. The van der Waals surface area contributed by atoms with Gasteiger partial charge in [0, 0.05) is 31.8 Å². The van der Waals surface area contributed by atoms with Crippen LogP contribution in [0.15, 0.2) is 27.8 Å². The molecule has 2 aromatic rings. The highest BCUT2D eigenvalue weighted by Gasteiger charge is 2.13. The first kappa shape index (κ1) is 17.9. The predicted molar refractivity (Wildman–Crippen MR) is 93.3 cm³/mol. The number of hydrogen-bond acceptors (Lipinski definition) is 4. The molecule has 0 spiro atoms. The number of rotatable bonds is 6. The van der Waals surface area contributed by atoms with Gasteiger partial charge in [-0.2, -0.15) is 0 Å². The monoisotopic (exact) mass is 333 g/mol. The van der Waals surface area contributed by atoms with E-state index in [2.05, 4.69) is 5.32 Å². The summed E-state index contributed by atoms with van der Waals surface area (Å²) in [4.78, 5) is 36.8. The Balaban J connectivity index is 2.49. The van der Waals surface area contributed by atoms with Crippen LogP contribution in [-0.2, 0) is 17.9 Å². The van der Waals surface area contributed by atoms with Crippen molar-refractivity contribution in [3.63, 3.8) is 0 Å². The zero-order valence-electron chi connectivity index (χ0n) is 14.2. The number of carbonyl (C=O) groups is 1. The Bertz CT molecular complexity index is 866. The van der Waals surface area contributed by atoms with Crippen molar-refractivity contribution in [1.82, 2.24) is 9.13 Å². The third kappa shape index (κ3) is 3.41. The number of nitrogens with one attached hydrogen (secondary N) is 1. The summed E-state index contributed by atoms with van der Waals surface area (Å²) < 4.78 is 2.73. The van der Waals surface area contributed by atoms with Crippen molar-refractivity contribution in [2.75, 3.05) is 11.9 Å². The lowest BCUT2D eigenvalue weighted by Gasteiger charge is -2.13. The molecule has 7 nitrogen and oxygen atoms in total. The van der Waals surface area contributed by atoms with Crippen LogP contribution in [0.2, 0.25) is 0 Å². The first-order chi connectivity index (χ1) is 11.4. The molecule has 1 atom stereocenters. The van der Waals surface area contributed by atoms with Crippen LogP contribution in [0.5, 0.6) is 0 Å². The van der Waals surface area contributed by atoms with Gasteiger partial charge in [0.05, 0.1) is 10.9 Å². The van der Waals surface area contributed by atoms with E-state index >= 15 is 0 Å². The van der Waals surface area contributed by atoms with E-state index in [1.54, 1.807) is 36.6 Å². The summed E-state index contributed by atoms with van der Waals surface area (Å²) in [5.74, 6) is -0.358. The average Bonchev–Trinajstić information content (AvgIpc) is 2.56. The summed E-state index contributed by atoms with van der Waals surface area (Å²) in [7, 11) is 0. The SMILES string of the molecule is CCn1c(=O)c2cc(NC(=O)CC(C)CO)ccc2n(CC)c1=O. The van der Waals surface area contributed by atoms with Crippen LogP contribution in [0, 0.1) is 5.92 Å². The fraction of sp³-hybridized carbons (Fsp3) is 0.471. The Morgan fingerprint density at radius 1 is 1.21 bits per heavy atom. The van der Waals surface area contributed by atoms with Crippen LogP contribution in [0.1, 0.15) is 27.2 Å². The number of aryl methyl sites for hydroxylation is 1. The molecule has 1 amide bonds. The molecule has 0 aliphatic heterocycles. The van der Waals surface area contributed by atoms with E-state index in [9.17, 15) is 14.4 Å². The molecule has 0 aliphatic carbocycles. The molecule has 1 unspecified atom stereocenters. The molecule has 1 aromatic heterocycles. The Hall–Kier alpha value is -2.41. The summed E-state index contributed by atoms with van der Waals surface area (Å²) >= 11 is 0. The van der Waals surface area contributed by atoms with Crippen molar-refractivity contribution in [1.29, 1.82) is 0 Å². The van der Waals surface area contributed by atoms with Gasteiger partial charge in [-0.15, -0.1) is 0 Å². The summed E-state index contributed by atoms with van der Waals surface area (Å²) in [5.41, 5.74) is 0.366. The third-order valence-corrected chi connectivity index (χ3v) is 3.99. The minimum absolute atomic E-state index is 0.0604. The fourth-order valence-electron chi connectivity index (χ4n) is 2.68. The Labute approximate surface area is 139 Å². The number of benzene rings is 1. The number of aliphatic hydroxyl groups excluding tert-OH is 1. The van der Waals surface area contributed by atoms with Gasteiger partial charge >= 0.3 is 5.69 Å². The van der Waals surface area contributed by atoms with E-state index in [0.717, 1.165) is 0 Å². The maximum Gasteiger partial charge on any atom is 0.331 e. The molecule has 0 saturated carbocycles. The van der Waals surface area contributed by atoms with Gasteiger partial charge in [-0.1, -0.05) is 6.92 Å². The zero-order valence-corrected chi connectivity index (χ0v) is 14.2. The molecule has 1 aromatic carbocycles. The number of aromatic nitrogens is 2. The van der Waals surface area contributed by atoms with Gasteiger partial charge < -0.3 is 10.4 Å². The van der Waals surface area contributed by atoms with Crippen molar-refractivity contribution in [3.05, 3.63) is 39.0 Å². The normalized spacial score (nSPS) is 12.3. The lowest BCUT2D eigenvalue weighted by molar-refractivity contribution is -0.117. The second kappa shape index (κ2) is 7.44. The second-order valence-corrected chi connectivity index (χ2v) is 5.85. The topological polar surface area (TPSA) is 93.3 Å². The number of amides is 1. The summed E-state index contributed by atoms with van der Waals surface area (Å²) in [6.45, 7) is 6.05. The molecular weight excluding hydrogens is 310 g/mol. The maximum atomic E-state index is 12.5. The molecule has 2 rings (SSSR count). The predicted octanol–water partition coefficient (Wildman–Crippen LogP) is 1.16. The number of anilines is 1. The van der Waals surface area contributed by atoms with E-state index < -0.39 is 0 Å². The minimum atomic E-state index is -0.359. The van der Waals surface area contributed by atoms with E-state index in [1.165, 1.54) is 4.57 Å². The fourth-order valence-corrected chi connectivity index (χ4v) is 2.68. The molecule has 0 aliphatic rings. The van der Waals surface area contributed by atoms with Crippen LogP contribution in [0.4, 0.5) is 5.69 Å². The number of fused-ring (bicyclic) bond motifs is 1. The Kier molecular flexibility index (Phi) is 5.56. The maximum absolute atomic E-state index is 12.5. The first-order valence-corrected chi connectivity index (χ1v) is 8.11. The van der Waals surface area contributed by atoms with Crippen LogP contribution in [-0.4, -0.2) is 26.8 Å². The van der Waals surface area contributed by atoms with Crippen LogP contribution in [0.25, 0.3) is 10.9 Å². The molecule has 0 bridgehead atoms. The number of carbonyl (C=O) groups excluding carboxylic acids is 1. The van der Waals surface area contributed by atoms with E-state index in [4.69, 9.17) is 5.11 Å². The minimum Gasteiger partial charge on any atom is -0.396 e.